The van der Waals surface area contributed by atoms with Gasteiger partial charge in [0.25, 0.3) is 0 Å². The Morgan fingerprint density at radius 1 is 1.19 bits per heavy atom. The summed E-state index contributed by atoms with van der Waals surface area (Å²) in [6.07, 6.45) is 3.01. The number of halogens is 1. The van der Waals surface area contributed by atoms with Crippen LogP contribution in [0.5, 0.6) is 0 Å². The number of hydrogen-bond donors (Lipinski definition) is 3. The minimum atomic E-state index is -0.440. The first-order chi connectivity index (χ1) is 17.8. The molecule has 0 aliphatic heterocycles. The number of anilines is 3. The van der Waals surface area contributed by atoms with Gasteiger partial charge in [0.2, 0.25) is 0 Å². The third-order valence-corrected chi connectivity index (χ3v) is 6.67. The molecule has 188 valence electrons. The van der Waals surface area contributed by atoms with Crippen molar-refractivity contribution in [1.82, 2.24) is 14.3 Å². The van der Waals surface area contributed by atoms with Gasteiger partial charge in [0.1, 0.15) is 28.8 Å². The number of rotatable bonds is 9. The molecule has 0 saturated carbocycles. The summed E-state index contributed by atoms with van der Waals surface area (Å²) >= 11 is 1.30. The van der Waals surface area contributed by atoms with Crippen molar-refractivity contribution in [2.45, 2.75) is 13.8 Å². The Morgan fingerprint density at radius 2 is 1.97 bits per heavy atom. The Bertz CT molecular complexity index is 1490. The molecule has 8 nitrogen and oxygen atoms in total. The monoisotopic (exact) mass is 514 g/mol. The third kappa shape index (κ3) is 5.54. The lowest BCUT2D eigenvalue weighted by atomic mass is 10.0. The summed E-state index contributed by atoms with van der Waals surface area (Å²) in [4.78, 5) is 14.9. The molecule has 0 bridgehead atoms. The van der Waals surface area contributed by atoms with E-state index in [4.69, 9.17) is 11.1 Å². The highest BCUT2D eigenvalue weighted by Gasteiger charge is 2.19. The standard InChI is InChI=1S/C27H27FN8S/c1-16-8-5-6-11-21(16)36(4)18(3)22-17(2)35-37-27(22)32-13-12-31-26-23(25(30)33-15-34-26)24(29)19-9-7-10-20(28)14-19/h5-11,13-15,29H,3,12H2,1-2,4H3,(H3,30,31,33,34). The number of nitrogens with zero attached hydrogens (tertiary/aromatic N) is 5. The van der Waals surface area contributed by atoms with Crippen molar-refractivity contribution >= 4 is 51.5 Å². The second kappa shape index (κ2) is 11.1. The van der Waals surface area contributed by atoms with Crippen LogP contribution in [0.2, 0.25) is 0 Å². The first-order valence-corrected chi connectivity index (χ1v) is 12.2. The van der Waals surface area contributed by atoms with Crippen molar-refractivity contribution in [2.75, 3.05) is 29.5 Å². The van der Waals surface area contributed by atoms with Crippen LogP contribution in [-0.4, -0.2) is 39.9 Å². The highest BCUT2D eigenvalue weighted by Crippen LogP contribution is 2.36. The summed E-state index contributed by atoms with van der Waals surface area (Å²) in [6.45, 7) is 8.61. The Kier molecular flexibility index (Phi) is 7.69. The number of hydrogen-bond acceptors (Lipinski definition) is 9. The van der Waals surface area contributed by atoms with E-state index in [9.17, 15) is 4.39 Å². The van der Waals surface area contributed by atoms with Gasteiger partial charge in [-0.25, -0.2) is 19.4 Å². The van der Waals surface area contributed by atoms with Crippen LogP contribution in [0.4, 0.5) is 26.7 Å². The number of benzene rings is 2. The SMILES string of the molecule is C=C(c1c(C)nsc1N=CCNc1ncnc(N)c1C(=N)c1cccc(F)c1)N(C)c1ccccc1C. The molecule has 0 atom stereocenters. The van der Waals surface area contributed by atoms with E-state index < -0.39 is 5.82 Å². The van der Waals surface area contributed by atoms with Crippen LogP contribution in [0.15, 0.2) is 66.4 Å². The fourth-order valence-electron chi connectivity index (χ4n) is 3.87. The van der Waals surface area contributed by atoms with Gasteiger partial charge in [-0.3, -0.25) is 5.41 Å². The molecule has 2 aromatic carbocycles. The van der Waals surface area contributed by atoms with Gasteiger partial charge in [-0.2, -0.15) is 4.37 Å². The number of aromatic nitrogens is 3. The lowest BCUT2D eigenvalue weighted by Gasteiger charge is -2.23. The highest BCUT2D eigenvalue weighted by atomic mass is 32.1. The summed E-state index contributed by atoms with van der Waals surface area (Å²) in [5.74, 6) is 0.0434. The van der Waals surface area contributed by atoms with E-state index in [-0.39, 0.29) is 11.5 Å². The molecule has 37 heavy (non-hydrogen) atoms. The second-order valence-corrected chi connectivity index (χ2v) is 9.05. The van der Waals surface area contributed by atoms with Gasteiger partial charge in [-0.05, 0) is 49.1 Å². The van der Waals surface area contributed by atoms with Gasteiger partial charge >= 0.3 is 0 Å². The molecule has 0 aliphatic rings. The summed E-state index contributed by atoms with van der Waals surface area (Å²) < 4.78 is 18.2. The molecule has 0 aliphatic carbocycles. The van der Waals surface area contributed by atoms with Gasteiger partial charge < -0.3 is 16.0 Å². The molecule has 4 aromatic rings. The zero-order valence-electron chi connectivity index (χ0n) is 20.8. The Balaban J connectivity index is 1.52. The summed E-state index contributed by atoms with van der Waals surface area (Å²) in [5.41, 5.74) is 11.5. The van der Waals surface area contributed by atoms with E-state index in [1.54, 1.807) is 12.3 Å². The fraction of sp³-hybridized carbons (Fsp3) is 0.148. The van der Waals surface area contributed by atoms with E-state index in [0.29, 0.717) is 23.5 Å². The average Bonchev–Trinajstić information content (AvgIpc) is 3.25. The normalized spacial score (nSPS) is 11.0. The number of nitrogens with one attached hydrogen (secondary N) is 2. The maximum Gasteiger partial charge on any atom is 0.145 e. The topological polar surface area (TPSA) is 116 Å². The number of aryl methyl sites for hydroxylation is 2. The molecule has 2 aromatic heterocycles. The lowest BCUT2D eigenvalue weighted by Crippen LogP contribution is -2.16. The van der Waals surface area contributed by atoms with Gasteiger partial charge in [-0.15, -0.1) is 0 Å². The zero-order valence-corrected chi connectivity index (χ0v) is 21.6. The minimum absolute atomic E-state index is 0.0212. The Hall–Kier alpha value is -4.44. The highest BCUT2D eigenvalue weighted by molar-refractivity contribution is 7.10. The minimum Gasteiger partial charge on any atom is -0.383 e. The smallest absolute Gasteiger partial charge is 0.145 e. The molecule has 0 amide bonds. The van der Waals surface area contributed by atoms with Crippen molar-refractivity contribution < 1.29 is 4.39 Å². The quantitative estimate of drug-likeness (QED) is 0.250. The maximum absolute atomic E-state index is 13.7. The van der Waals surface area contributed by atoms with E-state index in [0.717, 1.165) is 33.2 Å². The van der Waals surface area contributed by atoms with E-state index in [1.165, 1.54) is 36.1 Å². The largest absolute Gasteiger partial charge is 0.383 e. The molecule has 4 N–H and O–H groups in total. The maximum atomic E-state index is 13.7. The van der Waals surface area contributed by atoms with E-state index in [2.05, 4.69) is 50.3 Å². The molecule has 4 rings (SSSR count). The van der Waals surface area contributed by atoms with Crippen molar-refractivity contribution in [3.05, 3.63) is 95.2 Å². The molecular weight excluding hydrogens is 487 g/mol. The van der Waals surface area contributed by atoms with E-state index in [1.807, 2.05) is 31.0 Å². The molecule has 0 fully saturated rings. The van der Waals surface area contributed by atoms with Crippen LogP contribution >= 0.6 is 11.5 Å². The van der Waals surface area contributed by atoms with Gasteiger partial charge in [0.15, 0.2) is 0 Å². The van der Waals surface area contributed by atoms with Crippen LogP contribution in [-0.2, 0) is 0 Å². The predicted molar refractivity (Wildman–Crippen MR) is 151 cm³/mol. The number of para-hydroxylation sites is 1. The fourth-order valence-corrected chi connectivity index (χ4v) is 4.66. The summed E-state index contributed by atoms with van der Waals surface area (Å²) in [7, 11) is 1.98. The van der Waals surface area contributed by atoms with Crippen LogP contribution in [0.1, 0.15) is 27.9 Å². The van der Waals surface area contributed by atoms with Crippen molar-refractivity contribution in [1.29, 1.82) is 5.41 Å². The third-order valence-electron chi connectivity index (χ3n) is 5.82. The van der Waals surface area contributed by atoms with Gasteiger partial charge in [0, 0.05) is 30.2 Å². The van der Waals surface area contributed by atoms with Crippen LogP contribution in [0.3, 0.4) is 0 Å². The second-order valence-electron chi connectivity index (χ2n) is 8.30. The molecule has 0 radical (unpaired) electrons. The summed E-state index contributed by atoms with van der Waals surface area (Å²) in [5, 5.41) is 12.4. The first kappa shape index (κ1) is 25.6. The van der Waals surface area contributed by atoms with Gasteiger partial charge in [0.05, 0.1) is 29.1 Å². The van der Waals surface area contributed by atoms with Crippen molar-refractivity contribution in [3.8, 4) is 0 Å². The molecule has 0 saturated heterocycles. The van der Waals surface area contributed by atoms with Crippen molar-refractivity contribution in [3.63, 3.8) is 0 Å². The van der Waals surface area contributed by atoms with Crippen molar-refractivity contribution in [2.24, 2.45) is 4.99 Å². The van der Waals surface area contributed by atoms with Crippen LogP contribution in [0.25, 0.3) is 5.70 Å². The molecule has 10 heteroatoms. The Labute approximate surface area is 219 Å². The zero-order chi connectivity index (χ0) is 26.5. The molecule has 0 spiro atoms. The van der Waals surface area contributed by atoms with Crippen LogP contribution in [0, 0.1) is 25.1 Å². The first-order valence-electron chi connectivity index (χ1n) is 11.4. The number of nitrogen functional groups attached to an aromatic ring is 1. The molecule has 2 heterocycles. The van der Waals surface area contributed by atoms with Gasteiger partial charge in [-0.1, -0.05) is 36.9 Å². The number of nitrogens with two attached hydrogens (primary N) is 1. The summed E-state index contributed by atoms with van der Waals surface area (Å²) in [6, 6.07) is 13.9. The predicted octanol–water partition coefficient (Wildman–Crippen LogP) is 5.61. The molecular formula is C27H27FN8S. The molecule has 0 unspecified atom stereocenters. The van der Waals surface area contributed by atoms with Crippen LogP contribution < -0.4 is 16.0 Å². The Morgan fingerprint density at radius 3 is 2.73 bits per heavy atom. The lowest BCUT2D eigenvalue weighted by molar-refractivity contribution is 0.627. The van der Waals surface area contributed by atoms with E-state index >= 15 is 0 Å². The number of aliphatic imine (C=N–C) groups is 1. The average molecular weight is 515 g/mol.